The standard InChI is InChI=1S/C14H25N3/c1-5-8-17(10-9-16(3)4)14-7-6-12(2)11-13(14)15/h6-7,11H,5,8-10,15H2,1-4H3. The summed E-state index contributed by atoms with van der Waals surface area (Å²) in [5.41, 5.74) is 9.37. The van der Waals surface area contributed by atoms with Crippen molar-refractivity contribution in [2.75, 3.05) is 44.4 Å². The molecule has 0 aliphatic carbocycles. The molecular weight excluding hydrogens is 210 g/mol. The van der Waals surface area contributed by atoms with E-state index in [-0.39, 0.29) is 0 Å². The highest BCUT2D eigenvalue weighted by molar-refractivity contribution is 5.68. The molecule has 3 heteroatoms. The summed E-state index contributed by atoms with van der Waals surface area (Å²) in [4.78, 5) is 4.57. The maximum atomic E-state index is 6.10. The van der Waals surface area contributed by atoms with Crippen molar-refractivity contribution in [2.45, 2.75) is 20.3 Å². The van der Waals surface area contributed by atoms with Gasteiger partial charge in [-0.2, -0.15) is 0 Å². The molecule has 96 valence electrons. The Kier molecular flexibility index (Phi) is 5.29. The lowest BCUT2D eigenvalue weighted by atomic mass is 10.1. The van der Waals surface area contributed by atoms with Crippen LogP contribution in [0.3, 0.4) is 0 Å². The number of anilines is 2. The summed E-state index contributed by atoms with van der Waals surface area (Å²) in [5, 5.41) is 0. The zero-order valence-electron chi connectivity index (χ0n) is 11.5. The van der Waals surface area contributed by atoms with Gasteiger partial charge in [0.05, 0.1) is 11.4 Å². The second-order valence-electron chi connectivity index (χ2n) is 4.85. The monoisotopic (exact) mass is 235 g/mol. The van der Waals surface area contributed by atoms with E-state index in [0.29, 0.717) is 0 Å². The topological polar surface area (TPSA) is 32.5 Å². The molecule has 17 heavy (non-hydrogen) atoms. The average Bonchev–Trinajstić information content (AvgIpc) is 2.24. The van der Waals surface area contributed by atoms with Crippen LogP contribution in [0, 0.1) is 6.92 Å². The first-order valence-corrected chi connectivity index (χ1v) is 6.30. The fourth-order valence-electron chi connectivity index (χ4n) is 1.91. The first kappa shape index (κ1) is 13.8. The van der Waals surface area contributed by atoms with Crippen molar-refractivity contribution < 1.29 is 0 Å². The molecule has 0 bridgehead atoms. The van der Waals surface area contributed by atoms with Gasteiger partial charge in [0, 0.05) is 19.6 Å². The lowest BCUT2D eigenvalue weighted by Crippen LogP contribution is -2.32. The van der Waals surface area contributed by atoms with E-state index < -0.39 is 0 Å². The van der Waals surface area contributed by atoms with E-state index in [9.17, 15) is 0 Å². The number of aryl methyl sites for hydroxylation is 1. The van der Waals surface area contributed by atoms with Crippen LogP contribution in [0.4, 0.5) is 11.4 Å². The Morgan fingerprint density at radius 2 is 1.82 bits per heavy atom. The van der Waals surface area contributed by atoms with Gasteiger partial charge >= 0.3 is 0 Å². The highest BCUT2D eigenvalue weighted by Crippen LogP contribution is 2.24. The van der Waals surface area contributed by atoms with Gasteiger partial charge in [-0.15, -0.1) is 0 Å². The molecule has 0 heterocycles. The van der Waals surface area contributed by atoms with Gasteiger partial charge in [-0.05, 0) is 45.1 Å². The molecule has 0 radical (unpaired) electrons. The van der Waals surface area contributed by atoms with Crippen molar-refractivity contribution in [1.29, 1.82) is 0 Å². The summed E-state index contributed by atoms with van der Waals surface area (Å²) in [5.74, 6) is 0. The molecule has 0 amide bonds. The molecule has 0 atom stereocenters. The van der Waals surface area contributed by atoms with E-state index in [1.165, 1.54) is 11.3 Å². The van der Waals surface area contributed by atoms with Gasteiger partial charge in [0.1, 0.15) is 0 Å². The normalized spacial score (nSPS) is 10.9. The van der Waals surface area contributed by atoms with Crippen molar-refractivity contribution >= 4 is 11.4 Å². The number of nitrogens with two attached hydrogens (primary N) is 1. The Hall–Kier alpha value is -1.22. The zero-order chi connectivity index (χ0) is 12.8. The van der Waals surface area contributed by atoms with Gasteiger partial charge in [0.2, 0.25) is 0 Å². The molecular formula is C14H25N3. The smallest absolute Gasteiger partial charge is 0.0600 e. The molecule has 0 fully saturated rings. The van der Waals surface area contributed by atoms with Crippen molar-refractivity contribution in [2.24, 2.45) is 0 Å². The highest BCUT2D eigenvalue weighted by Gasteiger charge is 2.09. The molecule has 0 aromatic heterocycles. The van der Waals surface area contributed by atoms with Crippen LogP contribution in [-0.2, 0) is 0 Å². The lowest BCUT2D eigenvalue weighted by molar-refractivity contribution is 0.413. The quantitative estimate of drug-likeness (QED) is 0.768. The number of benzene rings is 1. The Morgan fingerprint density at radius 3 is 2.35 bits per heavy atom. The maximum absolute atomic E-state index is 6.10. The highest BCUT2D eigenvalue weighted by atomic mass is 15.2. The Balaban J connectivity index is 2.81. The van der Waals surface area contributed by atoms with E-state index in [2.05, 4.69) is 49.9 Å². The van der Waals surface area contributed by atoms with E-state index in [1.807, 2.05) is 6.07 Å². The molecule has 1 rings (SSSR count). The summed E-state index contributed by atoms with van der Waals surface area (Å²) < 4.78 is 0. The van der Waals surface area contributed by atoms with E-state index >= 15 is 0 Å². The van der Waals surface area contributed by atoms with Gasteiger partial charge in [-0.1, -0.05) is 13.0 Å². The van der Waals surface area contributed by atoms with Crippen LogP contribution < -0.4 is 10.6 Å². The van der Waals surface area contributed by atoms with Crippen molar-refractivity contribution in [3.8, 4) is 0 Å². The summed E-state index contributed by atoms with van der Waals surface area (Å²) in [7, 11) is 4.20. The average molecular weight is 235 g/mol. The lowest BCUT2D eigenvalue weighted by Gasteiger charge is -2.27. The minimum atomic E-state index is 0.886. The predicted octanol–water partition coefficient (Wildman–Crippen LogP) is 2.36. The van der Waals surface area contributed by atoms with Gasteiger partial charge in [0.25, 0.3) is 0 Å². The van der Waals surface area contributed by atoms with Crippen LogP contribution in [-0.4, -0.2) is 38.6 Å². The van der Waals surface area contributed by atoms with Crippen LogP contribution in [0.15, 0.2) is 18.2 Å². The molecule has 0 aliphatic rings. The number of nitrogens with zero attached hydrogens (tertiary/aromatic N) is 2. The van der Waals surface area contributed by atoms with E-state index in [4.69, 9.17) is 5.73 Å². The van der Waals surface area contributed by atoms with Crippen LogP contribution in [0.1, 0.15) is 18.9 Å². The molecule has 0 aliphatic heterocycles. The van der Waals surface area contributed by atoms with Crippen LogP contribution in [0.2, 0.25) is 0 Å². The molecule has 0 spiro atoms. The number of rotatable bonds is 6. The van der Waals surface area contributed by atoms with Crippen molar-refractivity contribution in [1.82, 2.24) is 4.90 Å². The minimum Gasteiger partial charge on any atom is -0.397 e. The van der Waals surface area contributed by atoms with E-state index in [0.717, 1.165) is 31.7 Å². The molecule has 0 unspecified atom stereocenters. The third kappa shape index (κ3) is 4.27. The number of likely N-dealkylation sites (N-methyl/N-ethyl adjacent to an activating group) is 1. The largest absolute Gasteiger partial charge is 0.397 e. The second kappa shape index (κ2) is 6.50. The number of nitrogen functional groups attached to an aromatic ring is 1. The van der Waals surface area contributed by atoms with Gasteiger partial charge in [0.15, 0.2) is 0 Å². The third-order valence-electron chi connectivity index (χ3n) is 2.83. The molecule has 1 aromatic carbocycles. The van der Waals surface area contributed by atoms with Crippen LogP contribution in [0.25, 0.3) is 0 Å². The van der Waals surface area contributed by atoms with Crippen molar-refractivity contribution in [3.63, 3.8) is 0 Å². The molecule has 1 aromatic rings. The molecule has 3 nitrogen and oxygen atoms in total. The Morgan fingerprint density at radius 1 is 1.12 bits per heavy atom. The molecule has 0 saturated carbocycles. The summed E-state index contributed by atoms with van der Waals surface area (Å²) in [6, 6.07) is 6.31. The first-order chi connectivity index (χ1) is 8.04. The third-order valence-corrected chi connectivity index (χ3v) is 2.83. The Bertz CT molecular complexity index is 347. The van der Waals surface area contributed by atoms with Crippen LogP contribution in [0.5, 0.6) is 0 Å². The second-order valence-corrected chi connectivity index (χ2v) is 4.85. The summed E-state index contributed by atoms with van der Waals surface area (Å²) in [6.45, 7) is 7.40. The van der Waals surface area contributed by atoms with E-state index in [1.54, 1.807) is 0 Å². The Labute approximate surface area is 105 Å². The molecule has 2 N–H and O–H groups in total. The summed E-state index contributed by atoms with van der Waals surface area (Å²) >= 11 is 0. The fourth-order valence-corrected chi connectivity index (χ4v) is 1.91. The van der Waals surface area contributed by atoms with Crippen LogP contribution >= 0.6 is 0 Å². The minimum absolute atomic E-state index is 0.886. The van der Waals surface area contributed by atoms with Gasteiger partial charge in [-0.25, -0.2) is 0 Å². The summed E-state index contributed by atoms with van der Waals surface area (Å²) in [6.07, 6.45) is 1.14. The van der Waals surface area contributed by atoms with Crippen molar-refractivity contribution in [3.05, 3.63) is 23.8 Å². The van der Waals surface area contributed by atoms with Gasteiger partial charge < -0.3 is 15.5 Å². The zero-order valence-corrected chi connectivity index (χ0v) is 11.5. The molecule has 0 saturated heterocycles. The van der Waals surface area contributed by atoms with Gasteiger partial charge in [-0.3, -0.25) is 0 Å². The predicted molar refractivity (Wildman–Crippen MR) is 76.6 cm³/mol. The number of hydrogen-bond acceptors (Lipinski definition) is 3. The first-order valence-electron chi connectivity index (χ1n) is 6.30. The number of hydrogen-bond donors (Lipinski definition) is 1. The maximum Gasteiger partial charge on any atom is 0.0600 e. The fraction of sp³-hybridized carbons (Fsp3) is 0.571. The SMILES string of the molecule is CCCN(CCN(C)C)c1ccc(C)cc1N.